The second-order valence-corrected chi connectivity index (χ2v) is 6.70. The van der Waals surface area contributed by atoms with Crippen LogP contribution in [0.15, 0.2) is 4.99 Å². The van der Waals surface area contributed by atoms with E-state index in [1.165, 1.54) is 36.3 Å². The predicted molar refractivity (Wildman–Crippen MR) is 105 cm³/mol. The van der Waals surface area contributed by atoms with Gasteiger partial charge in [0.05, 0.1) is 12.2 Å². The Kier molecular flexibility index (Phi) is 7.75. The molecule has 6 nitrogen and oxygen atoms in total. The number of nitrogens with one attached hydrogen (secondary N) is 2. The highest BCUT2D eigenvalue weighted by Gasteiger charge is 2.22. The van der Waals surface area contributed by atoms with E-state index in [1.807, 2.05) is 11.7 Å². The first-order valence-electron chi connectivity index (χ1n) is 9.94. The van der Waals surface area contributed by atoms with Gasteiger partial charge in [-0.3, -0.25) is 9.58 Å². The Bertz CT molecular complexity index is 563. The molecule has 6 heteroatoms. The fourth-order valence-corrected chi connectivity index (χ4v) is 3.83. The van der Waals surface area contributed by atoms with Gasteiger partial charge in [-0.05, 0) is 45.7 Å². The number of hydrogen-bond donors (Lipinski definition) is 2. The molecule has 1 aliphatic heterocycles. The summed E-state index contributed by atoms with van der Waals surface area (Å²) in [6.45, 7) is 13.6. The number of likely N-dealkylation sites (N-methyl/N-ethyl adjacent to an activating group) is 1. The average Bonchev–Trinajstić information content (AvgIpc) is 3.20. The minimum Gasteiger partial charge on any atom is -0.357 e. The molecule has 1 unspecified atom stereocenters. The summed E-state index contributed by atoms with van der Waals surface area (Å²) >= 11 is 0. The van der Waals surface area contributed by atoms with Crippen molar-refractivity contribution in [2.45, 2.75) is 66.0 Å². The third kappa shape index (κ3) is 4.97. The van der Waals surface area contributed by atoms with E-state index in [-0.39, 0.29) is 0 Å². The summed E-state index contributed by atoms with van der Waals surface area (Å²) in [7, 11) is 2.04. The molecule has 0 radical (unpaired) electrons. The third-order valence-electron chi connectivity index (χ3n) is 5.18. The summed E-state index contributed by atoms with van der Waals surface area (Å²) < 4.78 is 2.02. The fraction of sp³-hybridized carbons (Fsp3) is 0.789. The van der Waals surface area contributed by atoms with Crippen LogP contribution < -0.4 is 10.6 Å². The summed E-state index contributed by atoms with van der Waals surface area (Å²) in [6, 6.07) is 0.629. The van der Waals surface area contributed by atoms with Gasteiger partial charge in [-0.2, -0.15) is 5.10 Å². The second kappa shape index (κ2) is 9.80. The van der Waals surface area contributed by atoms with Gasteiger partial charge in [0.25, 0.3) is 0 Å². The van der Waals surface area contributed by atoms with Gasteiger partial charge in [0.2, 0.25) is 0 Å². The lowest BCUT2D eigenvalue weighted by molar-refractivity contribution is 0.267. The molecule has 0 bridgehead atoms. The number of nitrogens with zero attached hydrogens (tertiary/aromatic N) is 4. The van der Waals surface area contributed by atoms with E-state index < -0.39 is 0 Å². The summed E-state index contributed by atoms with van der Waals surface area (Å²) in [5, 5.41) is 11.6. The number of aliphatic imine (C=N–C) groups is 1. The highest BCUT2D eigenvalue weighted by atomic mass is 15.3. The van der Waals surface area contributed by atoms with Crippen molar-refractivity contribution in [1.29, 1.82) is 0 Å². The van der Waals surface area contributed by atoms with Crippen LogP contribution in [0.3, 0.4) is 0 Å². The molecule has 0 amide bonds. The minimum absolute atomic E-state index is 0.629. The zero-order valence-electron chi connectivity index (χ0n) is 16.7. The van der Waals surface area contributed by atoms with Crippen molar-refractivity contribution in [2.75, 3.05) is 26.2 Å². The quantitative estimate of drug-likeness (QED) is 0.558. The summed E-state index contributed by atoms with van der Waals surface area (Å²) in [5.41, 5.74) is 3.76. The molecule has 25 heavy (non-hydrogen) atoms. The predicted octanol–water partition coefficient (Wildman–Crippen LogP) is 2.08. The van der Waals surface area contributed by atoms with Gasteiger partial charge in [-0.15, -0.1) is 0 Å². The Hall–Kier alpha value is -1.56. The fourth-order valence-electron chi connectivity index (χ4n) is 3.83. The number of aryl methyl sites for hydroxylation is 2. The van der Waals surface area contributed by atoms with Gasteiger partial charge >= 0.3 is 0 Å². The zero-order valence-corrected chi connectivity index (χ0v) is 16.7. The molecular formula is C19H36N6. The van der Waals surface area contributed by atoms with E-state index in [0.29, 0.717) is 12.6 Å². The van der Waals surface area contributed by atoms with Crippen LogP contribution in [0.4, 0.5) is 0 Å². The van der Waals surface area contributed by atoms with Crippen molar-refractivity contribution in [3.63, 3.8) is 0 Å². The van der Waals surface area contributed by atoms with Crippen LogP contribution in [0.1, 0.15) is 57.5 Å². The lowest BCUT2D eigenvalue weighted by Crippen LogP contribution is -2.44. The number of guanidine groups is 1. The molecule has 2 N–H and O–H groups in total. The van der Waals surface area contributed by atoms with Gasteiger partial charge in [0, 0.05) is 37.4 Å². The van der Waals surface area contributed by atoms with Gasteiger partial charge < -0.3 is 10.6 Å². The SMILES string of the molecule is CCNC(=NCc1c(CC)nn(C)c1CC)NCC1CCCN1CC. The Morgan fingerprint density at radius 1 is 1.20 bits per heavy atom. The van der Waals surface area contributed by atoms with Gasteiger partial charge in [0.15, 0.2) is 5.96 Å². The van der Waals surface area contributed by atoms with Crippen molar-refractivity contribution in [3.05, 3.63) is 17.0 Å². The Morgan fingerprint density at radius 2 is 2.00 bits per heavy atom. The normalized spacial score (nSPS) is 18.8. The number of aromatic nitrogens is 2. The minimum atomic E-state index is 0.629. The third-order valence-corrected chi connectivity index (χ3v) is 5.18. The summed E-state index contributed by atoms with van der Waals surface area (Å²) in [6.07, 6.45) is 4.54. The maximum atomic E-state index is 4.85. The molecule has 1 aromatic rings. The van der Waals surface area contributed by atoms with Crippen LogP contribution in [0.25, 0.3) is 0 Å². The maximum absolute atomic E-state index is 4.85. The van der Waals surface area contributed by atoms with Gasteiger partial charge in [-0.1, -0.05) is 20.8 Å². The lowest BCUT2D eigenvalue weighted by atomic mass is 10.1. The van der Waals surface area contributed by atoms with E-state index >= 15 is 0 Å². The van der Waals surface area contributed by atoms with Crippen molar-refractivity contribution >= 4 is 5.96 Å². The average molecular weight is 349 g/mol. The second-order valence-electron chi connectivity index (χ2n) is 6.70. The Balaban J connectivity index is 2.04. The first kappa shape index (κ1) is 19.8. The van der Waals surface area contributed by atoms with Gasteiger partial charge in [-0.25, -0.2) is 4.99 Å². The molecular weight excluding hydrogens is 312 g/mol. The molecule has 0 saturated carbocycles. The number of hydrogen-bond acceptors (Lipinski definition) is 3. The van der Waals surface area contributed by atoms with Crippen LogP contribution in [0, 0.1) is 0 Å². The van der Waals surface area contributed by atoms with Crippen molar-refractivity contribution in [2.24, 2.45) is 12.0 Å². The first-order chi connectivity index (χ1) is 12.1. The molecule has 0 spiro atoms. The topological polar surface area (TPSA) is 57.5 Å². The molecule has 1 fully saturated rings. The van der Waals surface area contributed by atoms with E-state index in [9.17, 15) is 0 Å². The molecule has 2 rings (SSSR count). The lowest BCUT2D eigenvalue weighted by Gasteiger charge is -2.24. The molecule has 2 heterocycles. The number of likely N-dealkylation sites (tertiary alicyclic amines) is 1. The molecule has 142 valence electrons. The van der Waals surface area contributed by atoms with Crippen LogP contribution in [0.5, 0.6) is 0 Å². The highest BCUT2D eigenvalue weighted by molar-refractivity contribution is 5.79. The molecule has 1 aromatic heterocycles. The van der Waals surface area contributed by atoms with E-state index in [2.05, 4.69) is 48.3 Å². The standard InChI is InChI=1S/C19H36N6/c1-6-17-16(18(7-2)24(5)23-17)14-22-19(20-8-3)21-13-15-11-10-12-25(15)9-4/h15H,6-14H2,1-5H3,(H2,20,21,22). The molecule has 1 saturated heterocycles. The molecule has 0 aliphatic carbocycles. The largest absolute Gasteiger partial charge is 0.357 e. The molecule has 1 atom stereocenters. The van der Waals surface area contributed by atoms with Crippen LogP contribution in [0.2, 0.25) is 0 Å². The first-order valence-corrected chi connectivity index (χ1v) is 9.94. The van der Waals surface area contributed by atoms with Gasteiger partial charge in [0.1, 0.15) is 0 Å². The molecule has 1 aliphatic rings. The van der Waals surface area contributed by atoms with Crippen molar-refractivity contribution in [1.82, 2.24) is 25.3 Å². The molecule has 0 aromatic carbocycles. The maximum Gasteiger partial charge on any atom is 0.191 e. The number of rotatable bonds is 8. The Morgan fingerprint density at radius 3 is 2.64 bits per heavy atom. The monoisotopic (exact) mass is 348 g/mol. The van der Waals surface area contributed by atoms with E-state index in [0.717, 1.165) is 38.4 Å². The zero-order chi connectivity index (χ0) is 18.2. The van der Waals surface area contributed by atoms with Crippen LogP contribution in [-0.2, 0) is 26.4 Å². The van der Waals surface area contributed by atoms with Crippen LogP contribution >= 0.6 is 0 Å². The van der Waals surface area contributed by atoms with Crippen molar-refractivity contribution in [3.8, 4) is 0 Å². The van der Waals surface area contributed by atoms with E-state index in [4.69, 9.17) is 4.99 Å². The highest BCUT2D eigenvalue weighted by Crippen LogP contribution is 2.17. The van der Waals surface area contributed by atoms with Crippen molar-refractivity contribution < 1.29 is 0 Å². The smallest absolute Gasteiger partial charge is 0.191 e. The Labute approximate surface area is 153 Å². The summed E-state index contributed by atoms with van der Waals surface area (Å²) in [5.74, 6) is 0.915. The van der Waals surface area contributed by atoms with E-state index in [1.54, 1.807) is 0 Å². The van der Waals surface area contributed by atoms with Crippen LogP contribution in [-0.4, -0.2) is 52.9 Å². The summed E-state index contributed by atoms with van der Waals surface area (Å²) in [4.78, 5) is 7.41.